The number of carbonyl (C=O) groups is 1. The van der Waals surface area contributed by atoms with Crippen LogP contribution in [0.3, 0.4) is 0 Å². The lowest BCUT2D eigenvalue weighted by atomic mass is 9.73. The van der Waals surface area contributed by atoms with Crippen LogP contribution in [0.25, 0.3) is 0 Å². The van der Waals surface area contributed by atoms with Crippen LogP contribution >= 0.6 is 0 Å². The van der Waals surface area contributed by atoms with Crippen LogP contribution in [-0.4, -0.2) is 56.2 Å². The Morgan fingerprint density at radius 3 is 2.07 bits per heavy atom. The SMILES string of the molecule is CC.COC(=O)N1CC2(CN(C)C2)C1. The Morgan fingerprint density at radius 2 is 1.71 bits per heavy atom. The number of amides is 1. The number of nitrogens with zero attached hydrogens (tertiary/aromatic N) is 2. The second kappa shape index (κ2) is 4.17. The van der Waals surface area contributed by atoms with Crippen molar-refractivity contribution in [1.29, 1.82) is 0 Å². The Hall–Kier alpha value is -0.770. The van der Waals surface area contributed by atoms with Crippen molar-refractivity contribution in [1.82, 2.24) is 9.80 Å². The third kappa shape index (κ3) is 1.85. The second-order valence-corrected chi connectivity index (χ2v) is 4.00. The summed E-state index contributed by atoms with van der Waals surface area (Å²) in [6, 6.07) is 0. The van der Waals surface area contributed by atoms with Gasteiger partial charge < -0.3 is 14.5 Å². The number of carbonyl (C=O) groups excluding carboxylic acids is 1. The molecule has 2 aliphatic rings. The van der Waals surface area contributed by atoms with E-state index in [2.05, 4.69) is 16.7 Å². The molecule has 14 heavy (non-hydrogen) atoms. The smallest absolute Gasteiger partial charge is 0.409 e. The molecule has 2 aliphatic heterocycles. The van der Waals surface area contributed by atoms with Gasteiger partial charge in [0.25, 0.3) is 0 Å². The summed E-state index contributed by atoms with van der Waals surface area (Å²) in [5.74, 6) is 0. The predicted octanol–water partition coefficient (Wildman–Crippen LogP) is 1.03. The van der Waals surface area contributed by atoms with E-state index in [1.807, 2.05) is 13.8 Å². The number of ether oxygens (including phenoxy) is 1. The van der Waals surface area contributed by atoms with E-state index >= 15 is 0 Å². The van der Waals surface area contributed by atoms with Gasteiger partial charge in [0, 0.05) is 31.6 Å². The highest BCUT2D eigenvalue weighted by Gasteiger charge is 2.52. The minimum atomic E-state index is -0.185. The fourth-order valence-corrected chi connectivity index (χ4v) is 2.32. The molecule has 0 aliphatic carbocycles. The highest BCUT2D eigenvalue weighted by atomic mass is 16.5. The maximum Gasteiger partial charge on any atom is 0.409 e. The quantitative estimate of drug-likeness (QED) is 0.585. The van der Waals surface area contributed by atoms with E-state index in [1.54, 1.807) is 4.90 Å². The Labute approximate surface area is 85.8 Å². The van der Waals surface area contributed by atoms with Gasteiger partial charge in [-0.3, -0.25) is 0 Å². The Bertz CT molecular complexity index is 204. The lowest BCUT2D eigenvalue weighted by Gasteiger charge is -2.58. The summed E-state index contributed by atoms with van der Waals surface area (Å²) in [7, 11) is 3.53. The van der Waals surface area contributed by atoms with Crippen molar-refractivity contribution in [2.45, 2.75) is 13.8 Å². The van der Waals surface area contributed by atoms with Crippen LogP contribution < -0.4 is 0 Å². The molecule has 0 aromatic carbocycles. The summed E-state index contributed by atoms with van der Waals surface area (Å²) in [6.45, 7) is 8.01. The van der Waals surface area contributed by atoms with Gasteiger partial charge in [0.15, 0.2) is 0 Å². The summed E-state index contributed by atoms with van der Waals surface area (Å²) in [5, 5.41) is 0. The highest BCUT2D eigenvalue weighted by molar-refractivity contribution is 5.68. The minimum Gasteiger partial charge on any atom is -0.453 e. The topological polar surface area (TPSA) is 32.8 Å². The van der Waals surface area contributed by atoms with Gasteiger partial charge in [-0.05, 0) is 7.05 Å². The first-order valence-electron chi connectivity index (χ1n) is 5.17. The number of rotatable bonds is 0. The summed E-state index contributed by atoms with van der Waals surface area (Å²) in [5.41, 5.74) is 0.420. The number of methoxy groups -OCH3 is 1. The normalized spacial score (nSPS) is 23.0. The van der Waals surface area contributed by atoms with Crippen molar-refractivity contribution in [3.8, 4) is 0 Å². The van der Waals surface area contributed by atoms with Crippen LogP contribution in [-0.2, 0) is 4.74 Å². The van der Waals surface area contributed by atoms with E-state index < -0.39 is 0 Å². The minimum absolute atomic E-state index is 0.185. The van der Waals surface area contributed by atoms with Gasteiger partial charge in [0.2, 0.25) is 0 Å². The van der Waals surface area contributed by atoms with E-state index in [1.165, 1.54) is 7.11 Å². The van der Waals surface area contributed by atoms with Gasteiger partial charge in [0.1, 0.15) is 0 Å². The summed E-state index contributed by atoms with van der Waals surface area (Å²) >= 11 is 0. The molecular weight excluding hydrogens is 180 g/mol. The summed E-state index contributed by atoms with van der Waals surface area (Å²) in [6.07, 6.45) is -0.185. The summed E-state index contributed by atoms with van der Waals surface area (Å²) in [4.78, 5) is 15.0. The first kappa shape index (κ1) is 11.3. The van der Waals surface area contributed by atoms with E-state index in [-0.39, 0.29) is 6.09 Å². The first-order chi connectivity index (χ1) is 6.65. The van der Waals surface area contributed by atoms with Gasteiger partial charge >= 0.3 is 6.09 Å². The van der Waals surface area contributed by atoms with Gasteiger partial charge in [-0.25, -0.2) is 4.79 Å². The molecule has 0 unspecified atom stereocenters. The molecule has 0 radical (unpaired) electrons. The molecule has 0 aromatic heterocycles. The van der Waals surface area contributed by atoms with Crippen LogP contribution in [0.15, 0.2) is 0 Å². The third-order valence-corrected chi connectivity index (χ3v) is 2.70. The van der Waals surface area contributed by atoms with Gasteiger partial charge in [0.05, 0.1) is 7.11 Å². The largest absolute Gasteiger partial charge is 0.453 e. The molecule has 4 nitrogen and oxygen atoms in total. The van der Waals surface area contributed by atoms with Crippen LogP contribution in [0.5, 0.6) is 0 Å². The van der Waals surface area contributed by atoms with Crippen molar-refractivity contribution < 1.29 is 9.53 Å². The van der Waals surface area contributed by atoms with Crippen LogP contribution in [0.1, 0.15) is 13.8 Å². The molecule has 4 heteroatoms. The lowest BCUT2D eigenvalue weighted by molar-refractivity contribution is -0.0925. The first-order valence-corrected chi connectivity index (χ1v) is 5.17. The molecule has 1 spiro atoms. The molecule has 82 valence electrons. The average molecular weight is 200 g/mol. The van der Waals surface area contributed by atoms with Gasteiger partial charge in [-0.15, -0.1) is 0 Å². The van der Waals surface area contributed by atoms with Crippen LogP contribution in [0.2, 0.25) is 0 Å². The predicted molar refractivity (Wildman–Crippen MR) is 55.3 cm³/mol. The molecule has 0 aromatic rings. The number of hydrogen-bond acceptors (Lipinski definition) is 3. The Morgan fingerprint density at radius 1 is 1.21 bits per heavy atom. The van der Waals surface area contributed by atoms with Crippen molar-refractivity contribution in [2.75, 3.05) is 40.3 Å². The molecule has 0 saturated carbocycles. The second-order valence-electron chi connectivity index (χ2n) is 4.00. The molecule has 0 N–H and O–H groups in total. The maximum atomic E-state index is 11.0. The fourth-order valence-electron chi connectivity index (χ4n) is 2.32. The maximum absolute atomic E-state index is 11.0. The van der Waals surface area contributed by atoms with Crippen molar-refractivity contribution in [3.63, 3.8) is 0 Å². The Kier molecular flexibility index (Phi) is 3.37. The van der Waals surface area contributed by atoms with Gasteiger partial charge in [-0.1, -0.05) is 13.8 Å². The Balaban J connectivity index is 0.000000461. The van der Waals surface area contributed by atoms with E-state index in [0.29, 0.717) is 5.41 Å². The van der Waals surface area contributed by atoms with E-state index in [4.69, 9.17) is 0 Å². The molecule has 0 bridgehead atoms. The molecule has 0 atom stereocenters. The van der Waals surface area contributed by atoms with Crippen LogP contribution in [0.4, 0.5) is 4.79 Å². The molecule has 2 rings (SSSR count). The standard InChI is InChI=1S/C8H14N2O2.C2H6/c1-9-3-8(4-9)5-10(6-8)7(11)12-2;1-2/h3-6H2,1-2H3;1-2H3. The number of hydrogen-bond donors (Lipinski definition) is 0. The average Bonchev–Trinajstić information content (AvgIpc) is 2.11. The van der Waals surface area contributed by atoms with Crippen molar-refractivity contribution in [3.05, 3.63) is 0 Å². The van der Waals surface area contributed by atoms with E-state index in [0.717, 1.165) is 26.2 Å². The monoisotopic (exact) mass is 200 g/mol. The molecule has 2 saturated heterocycles. The van der Waals surface area contributed by atoms with E-state index in [9.17, 15) is 4.79 Å². The molecule has 1 amide bonds. The molecular formula is C10H20N2O2. The molecule has 2 fully saturated rings. The zero-order chi connectivity index (χ0) is 10.8. The number of likely N-dealkylation sites (tertiary alicyclic amines) is 2. The highest BCUT2D eigenvalue weighted by Crippen LogP contribution is 2.38. The zero-order valence-electron chi connectivity index (χ0n) is 9.54. The van der Waals surface area contributed by atoms with Crippen molar-refractivity contribution >= 4 is 6.09 Å². The van der Waals surface area contributed by atoms with Crippen molar-refractivity contribution in [2.24, 2.45) is 5.41 Å². The zero-order valence-corrected chi connectivity index (χ0v) is 9.54. The van der Waals surface area contributed by atoms with Gasteiger partial charge in [-0.2, -0.15) is 0 Å². The third-order valence-electron chi connectivity index (χ3n) is 2.70. The fraction of sp³-hybridized carbons (Fsp3) is 0.900. The molecule has 2 heterocycles. The summed E-state index contributed by atoms with van der Waals surface area (Å²) < 4.78 is 4.62. The lowest BCUT2D eigenvalue weighted by Crippen LogP contribution is -2.71. The van der Waals surface area contributed by atoms with Crippen LogP contribution in [0, 0.1) is 5.41 Å².